The van der Waals surface area contributed by atoms with Gasteiger partial charge in [0.25, 0.3) is 0 Å². The van der Waals surface area contributed by atoms with Crippen LogP contribution in [0.1, 0.15) is 12.0 Å². The van der Waals surface area contributed by atoms with Gasteiger partial charge in [0.2, 0.25) is 0 Å². The van der Waals surface area contributed by atoms with Crippen molar-refractivity contribution in [1.29, 1.82) is 0 Å². The van der Waals surface area contributed by atoms with E-state index in [-0.39, 0.29) is 0 Å². The predicted molar refractivity (Wildman–Crippen MR) is 109 cm³/mol. The number of hydrogen-bond donors (Lipinski definition) is 0. The van der Waals surface area contributed by atoms with E-state index in [1.165, 1.54) is 16.1 Å². The van der Waals surface area contributed by atoms with Crippen LogP contribution in [0.2, 0.25) is 0 Å². The molecule has 4 nitrogen and oxygen atoms in total. The summed E-state index contributed by atoms with van der Waals surface area (Å²) in [6.45, 7) is 3.99. The average molecular weight is 381 g/mol. The summed E-state index contributed by atoms with van der Waals surface area (Å²) in [5, 5.41) is 4.35. The maximum Gasteiger partial charge on any atom is 0.190 e. The molecule has 0 aliphatic carbocycles. The smallest absolute Gasteiger partial charge is 0.190 e. The van der Waals surface area contributed by atoms with Crippen molar-refractivity contribution in [2.45, 2.75) is 26.4 Å². The lowest BCUT2D eigenvalue weighted by molar-refractivity contribution is 0.559. The van der Waals surface area contributed by atoms with E-state index in [9.17, 15) is 0 Å². The lowest BCUT2D eigenvalue weighted by Crippen LogP contribution is -2.16. The topological polar surface area (TPSA) is 35.1 Å². The Labute approximate surface area is 160 Å². The summed E-state index contributed by atoms with van der Waals surface area (Å²) in [7, 11) is 0. The van der Waals surface area contributed by atoms with Crippen molar-refractivity contribution < 1.29 is 0 Å². The summed E-state index contributed by atoms with van der Waals surface area (Å²) < 4.78 is 4.46. The molecular weight excluding hydrogens is 360 g/mol. The van der Waals surface area contributed by atoms with Crippen LogP contribution in [0, 0.1) is 6.92 Å². The van der Waals surface area contributed by atoms with E-state index in [1.807, 2.05) is 18.7 Å². The van der Waals surface area contributed by atoms with E-state index >= 15 is 0 Å². The number of hydrogen-bond acceptors (Lipinski definition) is 4. The van der Waals surface area contributed by atoms with Crippen molar-refractivity contribution in [3.05, 3.63) is 76.2 Å². The fourth-order valence-electron chi connectivity index (χ4n) is 2.90. The number of thiophene rings is 1. The summed E-state index contributed by atoms with van der Waals surface area (Å²) >= 11 is 3.48. The predicted octanol–water partition coefficient (Wildman–Crippen LogP) is 5.11. The summed E-state index contributed by atoms with van der Waals surface area (Å²) in [4.78, 5) is 11.4. The molecule has 0 saturated carbocycles. The Kier molecular flexibility index (Phi) is 5.13. The van der Waals surface area contributed by atoms with Crippen molar-refractivity contribution in [1.82, 2.24) is 14.1 Å². The van der Waals surface area contributed by atoms with Crippen LogP contribution in [-0.2, 0) is 13.1 Å². The average Bonchev–Trinajstić information content (AvgIpc) is 3.37. The molecule has 0 aliphatic heterocycles. The summed E-state index contributed by atoms with van der Waals surface area (Å²) in [5.74, 6) is 0. The van der Waals surface area contributed by atoms with Crippen molar-refractivity contribution in [2.24, 2.45) is 4.99 Å². The third-order valence-corrected chi connectivity index (χ3v) is 5.91. The Morgan fingerprint density at radius 3 is 2.85 bits per heavy atom. The zero-order valence-corrected chi connectivity index (χ0v) is 16.2. The zero-order chi connectivity index (χ0) is 17.8. The molecule has 132 valence electrons. The molecule has 4 rings (SSSR count). The maximum atomic E-state index is 4.92. The van der Waals surface area contributed by atoms with Gasteiger partial charge in [-0.15, -0.1) is 22.7 Å². The Bertz CT molecular complexity index is 1020. The van der Waals surface area contributed by atoms with E-state index in [1.54, 1.807) is 22.7 Å². The molecule has 0 spiro atoms. The number of aromatic nitrogens is 3. The van der Waals surface area contributed by atoms with Crippen LogP contribution < -0.4 is 4.80 Å². The molecule has 26 heavy (non-hydrogen) atoms. The highest BCUT2D eigenvalue weighted by Crippen LogP contribution is 2.26. The van der Waals surface area contributed by atoms with Crippen molar-refractivity contribution in [2.75, 3.05) is 0 Å². The number of imidazole rings is 1. The first-order valence-corrected chi connectivity index (χ1v) is 10.3. The van der Waals surface area contributed by atoms with Gasteiger partial charge in [0.05, 0.1) is 22.6 Å². The molecule has 6 heteroatoms. The summed E-state index contributed by atoms with van der Waals surface area (Å²) in [5.41, 5.74) is 3.49. The van der Waals surface area contributed by atoms with Gasteiger partial charge < -0.3 is 9.13 Å². The van der Waals surface area contributed by atoms with Crippen LogP contribution in [-0.4, -0.2) is 14.1 Å². The minimum Gasteiger partial charge on any atom is -0.337 e. The second-order valence-electron chi connectivity index (χ2n) is 6.14. The zero-order valence-electron chi connectivity index (χ0n) is 14.6. The fourth-order valence-corrected chi connectivity index (χ4v) is 4.67. The van der Waals surface area contributed by atoms with Gasteiger partial charge in [-0.1, -0.05) is 18.2 Å². The molecule has 0 N–H and O–H groups in total. The monoisotopic (exact) mass is 380 g/mol. The number of rotatable bonds is 6. The van der Waals surface area contributed by atoms with E-state index < -0.39 is 0 Å². The largest absolute Gasteiger partial charge is 0.337 e. The lowest BCUT2D eigenvalue weighted by Gasteiger charge is -2.08. The third-order valence-electron chi connectivity index (χ3n) is 4.15. The van der Waals surface area contributed by atoms with Gasteiger partial charge >= 0.3 is 0 Å². The molecule has 0 fully saturated rings. The van der Waals surface area contributed by atoms with Crippen LogP contribution in [0.4, 0.5) is 5.69 Å². The van der Waals surface area contributed by atoms with Crippen molar-refractivity contribution in [3.63, 3.8) is 0 Å². The van der Waals surface area contributed by atoms with Gasteiger partial charge in [-0.05, 0) is 42.5 Å². The maximum absolute atomic E-state index is 4.92. The normalized spacial score (nSPS) is 12.0. The summed E-state index contributed by atoms with van der Waals surface area (Å²) in [6.07, 6.45) is 6.74. The van der Waals surface area contributed by atoms with Crippen LogP contribution in [0.15, 0.2) is 70.9 Å². The third kappa shape index (κ3) is 3.86. The Morgan fingerprint density at radius 1 is 1.12 bits per heavy atom. The molecule has 3 heterocycles. The molecule has 4 aromatic rings. The number of aryl methyl sites for hydroxylation is 2. The molecular formula is C20H20N4S2. The van der Waals surface area contributed by atoms with E-state index in [0.29, 0.717) is 0 Å². The van der Waals surface area contributed by atoms with Gasteiger partial charge in [0.15, 0.2) is 4.80 Å². The minimum atomic E-state index is 0.930. The standard InChI is InChI=1S/C20H20N4S2/c1-16-5-2-6-17(13-16)22-20-24(10-4-9-23-11-8-21-15-23)18(14-26-20)19-7-3-12-25-19/h2-3,5-8,11-15H,4,9-10H2,1H3. The van der Waals surface area contributed by atoms with Gasteiger partial charge in [0, 0.05) is 30.9 Å². The highest BCUT2D eigenvalue weighted by molar-refractivity contribution is 7.14. The van der Waals surface area contributed by atoms with Crippen LogP contribution in [0.5, 0.6) is 0 Å². The Balaban J connectivity index is 1.67. The molecule has 1 aromatic carbocycles. The molecule has 0 unspecified atom stereocenters. The molecule has 3 aromatic heterocycles. The molecule has 0 aliphatic rings. The van der Waals surface area contributed by atoms with Gasteiger partial charge in [-0.3, -0.25) is 0 Å². The number of thiazole rings is 1. The number of benzene rings is 1. The van der Waals surface area contributed by atoms with Crippen molar-refractivity contribution in [3.8, 4) is 10.6 Å². The first-order chi connectivity index (χ1) is 12.8. The highest BCUT2D eigenvalue weighted by atomic mass is 32.1. The molecule has 0 radical (unpaired) electrons. The first kappa shape index (κ1) is 17.0. The SMILES string of the molecule is Cc1cccc(N=c2scc(-c3cccs3)n2CCCn2ccnc2)c1. The highest BCUT2D eigenvalue weighted by Gasteiger charge is 2.09. The quantitative estimate of drug-likeness (QED) is 0.458. The molecule has 0 amide bonds. The number of nitrogens with zero attached hydrogens (tertiary/aromatic N) is 4. The van der Waals surface area contributed by atoms with Crippen LogP contribution >= 0.6 is 22.7 Å². The second kappa shape index (κ2) is 7.85. The Morgan fingerprint density at radius 2 is 2.08 bits per heavy atom. The van der Waals surface area contributed by atoms with Crippen LogP contribution in [0.3, 0.4) is 0 Å². The minimum absolute atomic E-state index is 0.930. The van der Waals surface area contributed by atoms with Gasteiger partial charge in [0.1, 0.15) is 0 Å². The second-order valence-corrected chi connectivity index (χ2v) is 7.92. The van der Waals surface area contributed by atoms with Gasteiger partial charge in [-0.2, -0.15) is 0 Å². The van der Waals surface area contributed by atoms with Crippen LogP contribution in [0.25, 0.3) is 10.6 Å². The Hall–Kier alpha value is -2.44. The van der Waals surface area contributed by atoms with E-state index in [4.69, 9.17) is 4.99 Å². The molecule has 0 saturated heterocycles. The summed E-state index contributed by atoms with van der Waals surface area (Å²) in [6, 6.07) is 12.6. The molecule has 0 atom stereocenters. The fraction of sp³-hybridized carbons (Fsp3) is 0.200. The van der Waals surface area contributed by atoms with Gasteiger partial charge in [-0.25, -0.2) is 9.98 Å². The first-order valence-electron chi connectivity index (χ1n) is 8.59. The van der Waals surface area contributed by atoms with E-state index in [2.05, 4.69) is 68.2 Å². The van der Waals surface area contributed by atoms with E-state index in [0.717, 1.165) is 30.0 Å². The van der Waals surface area contributed by atoms with Crippen molar-refractivity contribution >= 4 is 28.4 Å². The lowest BCUT2D eigenvalue weighted by atomic mass is 10.2. The molecule has 0 bridgehead atoms.